The number of esters is 1. The lowest BCUT2D eigenvalue weighted by Gasteiger charge is -2.22. The topological polar surface area (TPSA) is 95.9 Å². The van der Waals surface area contributed by atoms with E-state index in [0.29, 0.717) is 25.9 Å². The Hall–Kier alpha value is -1.66. The number of amides is 1. The van der Waals surface area contributed by atoms with Crippen LogP contribution in [-0.2, 0) is 14.3 Å². The minimum Gasteiger partial charge on any atom is -0.466 e. The van der Waals surface area contributed by atoms with E-state index in [4.69, 9.17) is 4.74 Å². The molecule has 2 unspecified atom stereocenters. The van der Waals surface area contributed by atoms with Crippen molar-refractivity contribution in [3.63, 3.8) is 0 Å². The van der Waals surface area contributed by atoms with Gasteiger partial charge in [0.05, 0.1) is 25.4 Å². The highest BCUT2D eigenvalue weighted by Crippen LogP contribution is 2.16. The maximum atomic E-state index is 12.4. The Labute approximate surface area is 386 Å². The first kappa shape index (κ1) is 60.3. The number of nitrogens with one attached hydrogen (secondary N) is 1. The molecule has 0 spiro atoms. The van der Waals surface area contributed by atoms with E-state index in [9.17, 15) is 19.8 Å². The molecular weight excluding hydrogens is 767 g/mol. The average molecular weight is 874 g/mol. The zero-order valence-electron chi connectivity index (χ0n) is 41.6. The molecule has 0 saturated heterocycles. The summed E-state index contributed by atoms with van der Waals surface area (Å²) in [7, 11) is 0. The van der Waals surface area contributed by atoms with E-state index < -0.39 is 12.1 Å². The van der Waals surface area contributed by atoms with Crippen LogP contribution >= 0.6 is 0 Å². The minimum absolute atomic E-state index is 0.00251. The second kappa shape index (κ2) is 52.0. The van der Waals surface area contributed by atoms with Crippen molar-refractivity contribution >= 4 is 11.9 Å². The van der Waals surface area contributed by atoms with E-state index in [0.717, 1.165) is 57.8 Å². The third kappa shape index (κ3) is 47.8. The van der Waals surface area contributed by atoms with Gasteiger partial charge < -0.3 is 20.3 Å². The van der Waals surface area contributed by atoms with Crippen molar-refractivity contribution in [2.45, 2.75) is 309 Å². The molecule has 3 N–H and O–H groups in total. The second-order valence-corrected chi connectivity index (χ2v) is 18.9. The fourth-order valence-corrected chi connectivity index (χ4v) is 8.45. The molecule has 0 aliphatic rings. The van der Waals surface area contributed by atoms with Crippen molar-refractivity contribution in [3.8, 4) is 0 Å². The van der Waals surface area contributed by atoms with Crippen LogP contribution in [0.25, 0.3) is 0 Å². The van der Waals surface area contributed by atoms with E-state index in [1.165, 1.54) is 205 Å². The van der Waals surface area contributed by atoms with Crippen molar-refractivity contribution < 1.29 is 24.5 Å². The zero-order chi connectivity index (χ0) is 45.1. The number of unbranched alkanes of at least 4 members (excludes halogenated alkanes) is 36. The maximum Gasteiger partial charge on any atom is 0.305 e. The molecular formula is C56H107NO5. The van der Waals surface area contributed by atoms with Crippen molar-refractivity contribution in [2.24, 2.45) is 0 Å². The van der Waals surface area contributed by atoms with Gasteiger partial charge in [-0.2, -0.15) is 0 Å². The normalized spacial score (nSPS) is 12.8. The molecule has 0 bridgehead atoms. The summed E-state index contributed by atoms with van der Waals surface area (Å²) in [6, 6.07) is -0.548. The summed E-state index contributed by atoms with van der Waals surface area (Å²) < 4.78 is 5.48. The molecule has 2 atom stereocenters. The number of allylic oxidation sites excluding steroid dienone is 4. The molecule has 0 aromatic rings. The van der Waals surface area contributed by atoms with E-state index in [-0.39, 0.29) is 18.5 Å². The molecule has 0 aromatic heterocycles. The number of hydrogen-bond donors (Lipinski definition) is 3. The molecule has 0 aliphatic carbocycles. The van der Waals surface area contributed by atoms with Gasteiger partial charge in [-0.25, -0.2) is 0 Å². The first-order valence-electron chi connectivity index (χ1n) is 27.6. The largest absolute Gasteiger partial charge is 0.466 e. The molecule has 1 amide bonds. The first-order chi connectivity index (χ1) is 30.5. The SMILES string of the molecule is CCCCCCCC/C=C\CCCCCCCCCCCC(=O)OCCCCCCCC/C=C\CCCCCCCCCC(=O)NC(CO)C(O)CCCCCCCCCCC. The fourth-order valence-electron chi connectivity index (χ4n) is 8.45. The molecule has 0 rings (SSSR count). The van der Waals surface area contributed by atoms with Crippen molar-refractivity contribution in [1.29, 1.82) is 0 Å². The van der Waals surface area contributed by atoms with Gasteiger partial charge >= 0.3 is 5.97 Å². The molecule has 0 aliphatic heterocycles. The molecule has 0 fully saturated rings. The standard InChI is InChI=1S/C56H107NO5/c1-3-5-7-9-11-13-14-15-16-17-18-21-24-27-30-34-38-42-46-50-56(61)62-51-47-43-39-35-31-28-25-22-19-20-23-26-29-33-37-41-45-49-55(60)57-53(52-58)54(59)48-44-40-36-32-12-10-8-6-4-2/h15-16,19,22,53-54,58-59H,3-14,17-18,20-21,23-52H2,1-2H3,(H,57,60)/b16-15-,22-19-. The van der Waals surface area contributed by atoms with Crippen LogP contribution in [0.3, 0.4) is 0 Å². The average Bonchev–Trinajstić information content (AvgIpc) is 3.27. The number of ether oxygens (including phenoxy) is 1. The third-order valence-corrected chi connectivity index (χ3v) is 12.7. The van der Waals surface area contributed by atoms with Crippen LogP contribution in [0.5, 0.6) is 0 Å². The first-order valence-corrected chi connectivity index (χ1v) is 27.6. The van der Waals surface area contributed by atoms with E-state index >= 15 is 0 Å². The molecule has 6 nitrogen and oxygen atoms in total. The summed E-state index contributed by atoms with van der Waals surface area (Å²) in [4.78, 5) is 24.5. The summed E-state index contributed by atoms with van der Waals surface area (Å²) >= 11 is 0. The number of carbonyl (C=O) groups excluding carboxylic acids is 2. The molecule has 6 heteroatoms. The molecule has 0 heterocycles. The third-order valence-electron chi connectivity index (χ3n) is 12.7. The van der Waals surface area contributed by atoms with E-state index in [1.807, 2.05) is 0 Å². The number of rotatable bonds is 51. The van der Waals surface area contributed by atoms with Gasteiger partial charge in [0, 0.05) is 12.8 Å². The van der Waals surface area contributed by atoms with Crippen LogP contribution in [0.4, 0.5) is 0 Å². The quantitative estimate of drug-likeness (QED) is 0.0321. The number of aliphatic hydroxyl groups is 2. The summed E-state index contributed by atoms with van der Waals surface area (Å²) in [6.07, 6.45) is 61.7. The molecule has 0 radical (unpaired) electrons. The van der Waals surface area contributed by atoms with Crippen LogP contribution in [0.1, 0.15) is 296 Å². The van der Waals surface area contributed by atoms with Crippen LogP contribution < -0.4 is 5.32 Å². The Morgan fingerprint density at radius 2 is 0.758 bits per heavy atom. The Morgan fingerprint density at radius 3 is 1.15 bits per heavy atom. The Morgan fingerprint density at radius 1 is 0.435 bits per heavy atom. The Balaban J connectivity index is 3.41. The van der Waals surface area contributed by atoms with Crippen LogP contribution in [0.2, 0.25) is 0 Å². The molecule has 0 saturated carbocycles. The van der Waals surface area contributed by atoms with Gasteiger partial charge in [-0.1, -0.05) is 231 Å². The lowest BCUT2D eigenvalue weighted by Crippen LogP contribution is -2.45. The van der Waals surface area contributed by atoms with Crippen molar-refractivity contribution in [3.05, 3.63) is 24.3 Å². The fraction of sp³-hybridized carbons (Fsp3) is 0.893. The van der Waals surface area contributed by atoms with Crippen molar-refractivity contribution in [1.82, 2.24) is 5.32 Å². The Kier molecular flexibility index (Phi) is 50.6. The highest BCUT2D eigenvalue weighted by molar-refractivity contribution is 5.76. The molecule has 0 aromatic carbocycles. The van der Waals surface area contributed by atoms with Crippen LogP contribution in [0.15, 0.2) is 24.3 Å². The summed E-state index contributed by atoms with van der Waals surface area (Å²) in [5, 5.41) is 23.1. The monoisotopic (exact) mass is 874 g/mol. The van der Waals surface area contributed by atoms with Crippen LogP contribution in [0, 0.1) is 0 Å². The number of hydrogen-bond acceptors (Lipinski definition) is 5. The van der Waals surface area contributed by atoms with E-state index in [1.54, 1.807) is 0 Å². The highest BCUT2D eigenvalue weighted by atomic mass is 16.5. The summed E-state index contributed by atoms with van der Waals surface area (Å²) in [5.74, 6) is -0.0520. The van der Waals surface area contributed by atoms with Gasteiger partial charge in [-0.15, -0.1) is 0 Å². The minimum atomic E-state index is -0.669. The van der Waals surface area contributed by atoms with Gasteiger partial charge in [0.25, 0.3) is 0 Å². The lowest BCUT2D eigenvalue weighted by molar-refractivity contribution is -0.143. The summed E-state index contributed by atoms with van der Waals surface area (Å²) in [6.45, 7) is 4.91. The number of carbonyl (C=O) groups is 2. The van der Waals surface area contributed by atoms with Gasteiger partial charge in [0.1, 0.15) is 0 Å². The second-order valence-electron chi connectivity index (χ2n) is 18.9. The molecule has 62 heavy (non-hydrogen) atoms. The summed E-state index contributed by atoms with van der Waals surface area (Å²) in [5.41, 5.74) is 0. The van der Waals surface area contributed by atoms with Gasteiger partial charge in [0.2, 0.25) is 5.91 Å². The zero-order valence-corrected chi connectivity index (χ0v) is 41.6. The van der Waals surface area contributed by atoms with E-state index in [2.05, 4.69) is 43.5 Å². The Bertz CT molecular complexity index is 966. The van der Waals surface area contributed by atoms with Gasteiger partial charge in [-0.05, 0) is 77.0 Å². The lowest BCUT2D eigenvalue weighted by atomic mass is 10.0. The number of aliphatic hydroxyl groups excluding tert-OH is 2. The highest BCUT2D eigenvalue weighted by Gasteiger charge is 2.20. The maximum absolute atomic E-state index is 12.4. The van der Waals surface area contributed by atoms with Crippen LogP contribution in [-0.4, -0.2) is 47.4 Å². The van der Waals surface area contributed by atoms with Crippen molar-refractivity contribution in [2.75, 3.05) is 13.2 Å². The smallest absolute Gasteiger partial charge is 0.305 e. The predicted octanol–water partition coefficient (Wildman–Crippen LogP) is 16.7. The van der Waals surface area contributed by atoms with Gasteiger partial charge in [-0.3, -0.25) is 9.59 Å². The predicted molar refractivity (Wildman–Crippen MR) is 269 cm³/mol. The van der Waals surface area contributed by atoms with Gasteiger partial charge in [0.15, 0.2) is 0 Å². The molecule has 366 valence electrons.